The molecule has 0 saturated carbocycles. The molecule has 2 aromatic heterocycles. The summed E-state index contributed by atoms with van der Waals surface area (Å²) in [6.45, 7) is 2.53. The monoisotopic (exact) mass is 262 g/mol. The molecular formula is C12H18N6O. The number of aromatic amines is 1. The molecule has 0 spiro atoms. The van der Waals surface area contributed by atoms with Crippen LogP contribution in [0.2, 0.25) is 0 Å². The predicted molar refractivity (Wildman–Crippen MR) is 75.3 cm³/mol. The van der Waals surface area contributed by atoms with Gasteiger partial charge in [-0.05, 0) is 6.92 Å². The van der Waals surface area contributed by atoms with Crippen molar-refractivity contribution in [1.29, 1.82) is 0 Å². The van der Waals surface area contributed by atoms with Crippen LogP contribution in [0.25, 0.3) is 11.2 Å². The lowest BCUT2D eigenvalue weighted by Gasteiger charge is -2.06. The summed E-state index contributed by atoms with van der Waals surface area (Å²) in [5.74, 6) is 1.44. The summed E-state index contributed by atoms with van der Waals surface area (Å²) in [5, 5.41) is 12.1. The van der Waals surface area contributed by atoms with E-state index in [0.29, 0.717) is 18.0 Å². The van der Waals surface area contributed by atoms with Gasteiger partial charge >= 0.3 is 0 Å². The molecule has 0 aromatic carbocycles. The Morgan fingerprint density at radius 3 is 2.95 bits per heavy atom. The fourth-order valence-electron chi connectivity index (χ4n) is 1.55. The molecule has 102 valence electrons. The molecule has 2 rings (SSSR count). The van der Waals surface area contributed by atoms with Gasteiger partial charge in [-0.3, -0.25) is 0 Å². The van der Waals surface area contributed by atoms with Crippen LogP contribution in [0.3, 0.4) is 0 Å². The van der Waals surface area contributed by atoms with E-state index in [4.69, 9.17) is 5.11 Å². The highest BCUT2D eigenvalue weighted by Crippen LogP contribution is 2.19. The lowest BCUT2D eigenvalue weighted by Crippen LogP contribution is -2.10. The van der Waals surface area contributed by atoms with Gasteiger partial charge in [-0.2, -0.15) is 4.98 Å². The van der Waals surface area contributed by atoms with E-state index in [-0.39, 0.29) is 6.61 Å². The molecule has 0 atom stereocenters. The van der Waals surface area contributed by atoms with E-state index in [1.54, 1.807) is 0 Å². The fourth-order valence-corrected chi connectivity index (χ4v) is 1.55. The number of hydrogen-bond donors (Lipinski definition) is 3. The number of fused-ring (bicyclic) bond motifs is 1. The zero-order chi connectivity index (χ0) is 13.8. The molecule has 0 aliphatic carbocycles. The standard InChI is InChI=1S/C12H18N6O/c1-8(6-19)4-5-13-10-9-11(15-7-14-10)17-12(16-9)18(2)3/h4,7,19H,5-6H2,1-3H3,(H2,13,14,15,16,17)/b8-4+. The SMILES string of the molecule is C/C(=C\CNc1ncnc2nc(N(C)C)[nH]c12)CO. The number of nitrogens with zero attached hydrogens (tertiary/aromatic N) is 4. The molecule has 0 aliphatic heterocycles. The van der Waals surface area contributed by atoms with E-state index in [9.17, 15) is 0 Å². The van der Waals surface area contributed by atoms with Gasteiger partial charge in [0.1, 0.15) is 11.8 Å². The smallest absolute Gasteiger partial charge is 0.204 e. The first-order valence-electron chi connectivity index (χ1n) is 6.00. The maximum absolute atomic E-state index is 8.92. The van der Waals surface area contributed by atoms with Crippen LogP contribution < -0.4 is 10.2 Å². The van der Waals surface area contributed by atoms with Crippen LogP contribution in [0, 0.1) is 0 Å². The molecule has 0 fully saturated rings. The summed E-state index contributed by atoms with van der Waals surface area (Å²) in [6, 6.07) is 0. The minimum atomic E-state index is 0.0652. The van der Waals surface area contributed by atoms with Gasteiger partial charge in [-0.15, -0.1) is 0 Å². The molecule has 2 heterocycles. The van der Waals surface area contributed by atoms with Crippen molar-refractivity contribution in [2.75, 3.05) is 37.5 Å². The van der Waals surface area contributed by atoms with Gasteiger partial charge in [-0.1, -0.05) is 11.6 Å². The lowest BCUT2D eigenvalue weighted by atomic mass is 10.3. The lowest BCUT2D eigenvalue weighted by molar-refractivity contribution is 0.331. The minimum Gasteiger partial charge on any atom is -0.392 e. The van der Waals surface area contributed by atoms with Crippen molar-refractivity contribution >= 4 is 22.9 Å². The molecule has 0 bridgehead atoms. The Morgan fingerprint density at radius 1 is 1.47 bits per heavy atom. The van der Waals surface area contributed by atoms with Crippen LogP contribution in [0.15, 0.2) is 18.0 Å². The van der Waals surface area contributed by atoms with Crippen molar-refractivity contribution < 1.29 is 5.11 Å². The van der Waals surface area contributed by atoms with Crippen LogP contribution in [0.4, 0.5) is 11.8 Å². The van der Waals surface area contributed by atoms with E-state index in [1.807, 2.05) is 32.0 Å². The molecule has 0 aliphatic rings. The number of hydrogen-bond acceptors (Lipinski definition) is 6. The maximum Gasteiger partial charge on any atom is 0.204 e. The molecule has 7 heteroatoms. The van der Waals surface area contributed by atoms with Crippen molar-refractivity contribution in [1.82, 2.24) is 19.9 Å². The number of aliphatic hydroxyl groups excluding tert-OH is 1. The Bertz CT molecular complexity index is 589. The number of aromatic nitrogens is 4. The summed E-state index contributed by atoms with van der Waals surface area (Å²) in [6.07, 6.45) is 3.39. The van der Waals surface area contributed by atoms with E-state index >= 15 is 0 Å². The van der Waals surface area contributed by atoms with Gasteiger partial charge in [-0.25, -0.2) is 9.97 Å². The van der Waals surface area contributed by atoms with E-state index in [2.05, 4.69) is 25.3 Å². The van der Waals surface area contributed by atoms with Gasteiger partial charge in [0.25, 0.3) is 0 Å². The number of H-pyrrole nitrogens is 1. The third-order valence-corrected chi connectivity index (χ3v) is 2.67. The van der Waals surface area contributed by atoms with E-state index in [0.717, 1.165) is 17.0 Å². The van der Waals surface area contributed by atoms with Crippen molar-refractivity contribution in [3.8, 4) is 0 Å². The van der Waals surface area contributed by atoms with E-state index in [1.165, 1.54) is 6.33 Å². The van der Waals surface area contributed by atoms with Gasteiger partial charge in [0, 0.05) is 20.6 Å². The number of aliphatic hydroxyl groups is 1. The van der Waals surface area contributed by atoms with Crippen LogP contribution >= 0.6 is 0 Å². The average Bonchev–Trinajstić information content (AvgIpc) is 2.83. The number of imidazole rings is 1. The van der Waals surface area contributed by atoms with Gasteiger partial charge in [0.15, 0.2) is 11.5 Å². The minimum absolute atomic E-state index is 0.0652. The molecule has 3 N–H and O–H groups in total. The second-order valence-corrected chi connectivity index (χ2v) is 4.47. The normalized spacial score (nSPS) is 11.9. The van der Waals surface area contributed by atoms with Gasteiger partial charge in [0.05, 0.1) is 6.61 Å². The average molecular weight is 262 g/mol. The zero-order valence-corrected chi connectivity index (χ0v) is 11.3. The molecule has 19 heavy (non-hydrogen) atoms. The summed E-state index contributed by atoms with van der Waals surface area (Å²) in [4.78, 5) is 17.7. The zero-order valence-electron chi connectivity index (χ0n) is 11.3. The Morgan fingerprint density at radius 2 is 2.26 bits per heavy atom. The first-order valence-corrected chi connectivity index (χ1v) is 6.00. The Hall–Kier alpha value is -2.15. The third kappa shape index (κ3) is 3.00. The molecule has 0 amide bonds. The first kappa shape index (κ1) is 13.3. The summed E-state index contributed by atoms with van der Waals surface area (Å²) < 4.78 is 0. The van der Waals surface area contributed by atoms with Gasteiger partial charge in [0.2, 0.25) is 5.95 Å². The Balaban J connectivity index is 2.23. The third-order valence-electron chi connectivity index (χ3n) is 2.67. The number of rotatable bonds is 5. The highest BCUT2D eigenvalue weighted by molar-refractivity contribution is 5.84. The Labute approximate surface area is 111 Å². The van der Waals surface area contributed by atoms with Crippen molar-refractivity contribution in [3.05, 3.63) is 18.0 Å². The summed E-state index contributed by atoms with van der Waals surface area (Å²) in [7, 11) is 3.82. The summed E-state index contributed by atoms with van der Waals surface area (Å²) >= 11 is 0. The largest absolute Gasteiger partial charge is 0.392 e. The molecule has 0 unspecified atom stereocenters. The summed E-state index contributed by atoms with van der Waals surface area (Å²) in [5.41, 5.74) is 2.32. The molecule has 2 aromatic rings. The maximum atomic E-state index is 8.92. The molecule has 0 saturated heterocycles. The topological polar surface area (TPSA) is 90.0 Å². The Kier molecular flexibility index (Phi) is 3.96. The van der Waals surface area contributed by atoms with Gasteiger partial charge < -0.3 is 20.3 Å². The number of anilines is 2. The molecule has 7 nitrogen and oxygen atoms in total. The predicted octanol–water partition coefficient (Wildman–Crippen LogP) is 0.769. The van der Waals surface area contributed by atoms with Crippen molar-refractivity contribution in [3.63, 3.8) is 0 Å². The molecular weight excluding hydrogens is 244 g/mol. The van der Waals surface area contributed by atoms with Crippen molar-refractivity contribution in [2.45, 2.75) is 6.92 Å². The fraction of sp³-hybridized carbons (Fsp3) is 0.417. The second-order valence-electron chi connectivity index (χ2n) is 4.47. The van der Waals surface area contributed by atoms with Crippen LogP contribution in [0.5, 0.6) is 0 Å². The molecule has 0 radical (unpaired) electrons. The van der Waals surface area contributed by atoms with Crippen LogP contribution in [0.1, 0.15) is 6.92 Å². The van der Waals surface area contributed by atoms with Crippen LogP contribution in [-0.4, -0.2) is 52.3 Å². The van der Waals surface area contributed by atoms with Crippen molar-refractivity contribution in [2.24, 2.45) is 0 Å². The highest BCUT2D eigenvalue weighted by Gasteiger charge is 2.09. The van der Waals surface area contributed by atoms with Crippen LogP contribution in [-0.2, 0) is 0 Å². The second kappa shape index (κ2) is 5.66. The highest BCUT2D eigenvalue weighted by atomic mass is 16.3. The van der Waals surface area contributed by atoms with E-state index < -0.39 is 0 Å². The number of nitrogens with one attached hydrogen (secondary N) is 2. The quantitative estimate of drug-likeness (QED) is 0.690. The first-order chi connectivity index (χ1) is 9.11.